The second kappa shape index (κ2) is 6.17. The first kappa shape index (κ1) is 12.6. The lowest BCUT2D eigenvalue weighted by atomic mass is 10.0. The van der Waals surface area contributed by atoms with E-state index in [1.807, 2.05) is 0 Å². The van der Waals surface area contributed by atoms with Gasteiger partial charge in [-0.1, -0.05) is 30.3 Å². The third-order valence-corrected chi connectivity index (χ3v) is 2.03. The van der Waals surface area contributed by atoms with Gasteiger partial charge in [-0.25, -0.2) is 8.78 Å². The molecule has 1 unspecified atom stereocenters. The van der Waals surface area contributed by atoms with Crippen LogP contribution in [0.4, 0.5) is 8.78 Å². The van der Waals surface area contributed by atoms with Crippen LogP contribution in [0, 0.1) is 0 Å². The van der Waals surface area contributed by atoms with E-state index in [1.165, 1.54) is 0 Å². The summed E-state index contributed by atoms with van der Waals surface area (Å²) < 4.78 is 28.3. The zero-order valence-corrected chi connectivity index (χ0v) is 8.48. The molecule has 0 heterocycles. The summed E-state index contributed by atoms with van der Waals surface area (Å²) in [6.07, 6.45) is -2.58. The average molecular weight is 230 g/mol. The van der Waals surface area contributed by atoms with Crippen molar-refractivity contribution in [3.05, 3.63) is 35.9 Å². The van der Waals surface area contributed by atoms with Gasteiger partial charge in [-0.3, -0.25) is 4.79 Å². The molecule has 0 spiro atoms. The number of rotatable bonds is 6. The minimum Gasteiger partial charge on any atom is -0.481 e. The fourth-order valence-electron chi connectivity index (χ4n) is 1.27. The van der Waals surface area contributed by atoms with Crippen LogP contribution in [-0.2, 0) is 9.53 Å². The Kier molecular flexibility index (Phi) is 4.85. The molecular formula is C11H12F2O3. The monoisotopic (exact) mass is 230 g/mol. The smallest absolute Gasteiger partial charge is 0.313 e. The van der Waals surface area contributed by atoms with E-state index in [0.717, 1.165) is 0 Å². The van der Waals surface area contributed by atoms with Crippen molar-refractivity contribution in [2.45, 2.75) is 12.3 Å². The Morgan fingerprint density at radius 2 is 1.88 bits per heavy atom. The van der Waals surface area contributed by atoms with Gasteiger partial charge in [0.05, 0.1) is 6.61 Å². The van der Waals surface area contributed by atoms with Gasteiger partial charge >= 0.3 is 5.97 Å². The van der Waals surface area contributed by atoms with Gasteiger partial charge in [0, 0.05) is 0 Å². The van der Waals surface area contributed by atoms with Gasteiger partial charge in [0.2, 0.25) is 0 Å². The molecule has 0 aliphatic heterocycles. The van der Waals surface area contributed by atoms with Gasteiger partial charge in [0.15, 0.2) is 0 Å². The van der Waals surface area contributed by atoms with Crippen LogP contribution in [-0.4, -0.2) is 30.7 Å². The third kappa shape index (κ3) is 3.94. The Labute approximate surface area is 91.7 Å². The molecule has 0 aromatic heterocycles. The Morgan fingerprint density at radius 1 is 1.25 bits per heavy atom. The van der Waals surface area contributed by atoms with Crippen LogP contribution in [0.3, 0.4) is 0 Å². The highest BCUT2D eigenvalue weighted by atomic mass is 19.3. The van der Waals surface area contributed by atoms with Crippen molar-refractivity contribution in [1.82, 2.24) is 0 Å². The number of ether oxygens (including phenoxy) is 1. The van der Waals surface area contributed by atoms with E-state index in [1.54, 1.807) is 30.3 Å². The summed E-state index contributed by atoms with van der Waals surface area (Å²) in [6, 6.07) is 8.40. The normalized spacial score (nSPS) is 12.7. The van der Waals surface area contributed by atoms with Gasteiger partial charge in [0.1, 0.15) is 12.5 Å². The first-order valence-corrected chi connectivity index (χ1v) is 4.75. The van der Waals surface area contributed by atoms with E-state index in [4.69, 9.17) is 5.11 Å². The maximum absolute atomic E-state index is 11.8. The molecule has 0 aliphatic rings. The number of carbonyl (C=O) groups is 1. The number of carboxylic acids is 1. The minimum atomic E-state index is -2.58. The molecule has 0 saturated carbocycles. The summed E-state index contributed by atoms with van der Waals surface area (Å²) in [4.78, 5) is 10.9. The van der Waals surface area contributed by atoms with E-state index in [2.05, 4.69) is 4.74 Å². The summed E-state index contributed by atoms with van der Waals surface area (Å²) in [6.45, 7) is -0.986. The molecule has 0 aliphatic carbocycles. The number of carboxylic acid groups (broad SMARTS) is 1. The molecule has 1 aromatic carbocycles. The highest BCUT2D eigenvalue weighted by Crippen LogP contribution is 2.16. The maximum Gasteiger partial charge on any atom is 0.313 e. The predicted octanol–water partition coefficient (Wildman–Crippen LogP) is 2.14. The number of benzene rings is 1. The van der Waals surface area contributed by atoms with Crippen LogP contribution >= 0.6 is 0 Å². The molecule has 3 nitrogen and oxygen atoms in total. The lowest BCUT2D eigenvalue weighted by molar-refractivity contribution is -0.140. The van der Waals surface area contributed by atoms with E-state index in [0.29, 0.717) is 5.56 Å². The first-order chi connectivity index (χ1) is 7.61. The van der Waals surface area contributed by atoms with E-state index in [-0.39, 0.29) is 6.61 Å². The van der Waals surface area contributed by atoms with Crippen molar-refractivity contribution in [2.75, 3.05) is 13.2 Å². The van der Waals surface area contributed by atoms with E-state index in [9.17, 15) is 13.6 Å². The van der Waals surface area contributed by atoms with Crippen molar-refractivity contribution < 1.29 is 23.4 Å². The molecule has 1 atom stereocenters. The molecule has 1 aromatic rings. The second-order valence-corrected chi connectivity index (χ2v) is 3.23. The summed E-state index contributed by atoms with van der Waals surface area (Å²) in [5, 5.41) is 8.92. The zero-order valence-electron chi connectivity index (χ0n) is 8.48. The molecule has 1 rings (SSSR count). The van der Waals surface area contributed by atoms with Crippen LogP contribution < -0.4 is 0 Å². The van der Waals surface area contributed by atoms with Crippen molar-refractivity contribution in [2.24, 2.45) is 0 Å². The fraction of sp³-hybridized carbons (Fsp3) is 0.364. The summed E-state index contributed by atoms with van der Waals surface area (Å²) in [7, 11) is 0. The Morgan fingerprint density at radius 3 is 2.38 bits per heavy atom. The number of hydrogen-bond acceptors (Lipinski definition) is 2. The van der Waals surface area contributed by atoms with Crippen LogP contribution in [0.15, 0.2) is 30.3 Å². The van der Waals surface area contributed by atoms with Crippen LogP contribution in [0.25, 0.3) is 0 Å². The molecule has 0 saturated heterocycles. The summed E-state index contributed by atoms with van der Waals surface area (Å²) >= 11 is 0. The predicted molar refractivity (Wildman–Crippen MR) is 53.6 cm³/mol. The van der Waals surface area contributed by atoms with Crippen LogP contribution in [0.2, 0.25) is 0 Å². The van der Waals surface area contributed by atoms with Crippen molar-refractivity contribution in [3.63, 3.8) is 0 Å². The Bertz CT molecular complexity index is 327. The third-order valence-electron chi connectivity index (χ3n) is 2.03. The van der Waals surface area contributed by atoms with Gasteiger partial charge in [-0.05, 0) is 5.56 Å². The molecule has 0 radical (unpaired) electrons. The highest BCUT2D eigenvalue weighted by Gasteiger charge is 2.20. The first-order valence-electron chi connectivity index (χ1n) is 4.75. The average Bonchev–Trinajstić information content (AvgIpc) is 2.25. The van der Waals surface area contributed by atoms with Gasteiger partial charge < -0.3 is 9.84 Å². The Hall–Kier alpha value is -1.49. The SMILES string of the molecule is O=C(O)C(COCC(F)F)c1ccccc1. The molecule has 16 heavy (non-hydrogen) atoms. The lowest BCUT2D eigenvalue weighted by Gasteiger charge is -2.12. The van der Waals surface area contributed by atoms with Crippen molar-refractivity contribution in [3.8, 4) is 0 Å². The van der Waals surface area contributed by atoms with Crippen LogP contribution in [0.1, 0.15) is 11.5 Å². The molecule has 0 fully saturated rings. The number of alkyl halides is 2. The van der Waals surface area contributed by atoms with Gasteiger partial charge in [0.25, 0.3) is 6.43 Å². The molecule has 0 amide bonds. The number of aliphatic carboxylic acids is 1. The summed E-state index contributed by atoms with van der Waals surface area (Å²) in [5.41, 5.74) is 0.546. The highest BCUT2D eigenvalue weighted by molar-refractivity contribution is 5.76. The number of halogens is 2. The van der Waals surface area contributed by atoms with Gasteiger partial charge in [-0.15, -0.1) is 0 Å². The minimum absolute atomic E-state index is 0.246. The quantitative estimate of drug-likeness (QED) is 0.814. The molecule has 88 valence electrons. The number of hydrogen-bond donors (Lipinski definition) is 1. The lowest BCUT2D eigenvalue weighted by Crippen LogP contribution is -2.19. The Balaban J connectivity index is 2.59. The largest absolute Gasteiger partial charge is 0.481 e. The van der Waals surface area contributed by atoms with E-state index < -0.39 is 24.9 Å². The zero-order chi connectivity index (χ0) is 12.0. The van der Waals surface area contributed by atoms with E-state index >= 15 is 0 Å². The van der Waals surface area contributed by atoms with Crippen LogP contribution in [0.5, 0.6) is 0 Å². The molecule has 1 N–H and O–H groups in total. The molecule has 5 heteroatoms. The van der Waals surface area contributed by atoms with Gasteiger partial charge in [-0.2, -0.15) is 0 Å². The molecule has 0 bridgehead atoms. The topological polar surface area (TPSA) is 46.5 Å². The summed E-state index contributed by atoms with van der Waals surface area (Å²) in [5.74, 6) is -1.99. The van der Waals surface area contributed by atoms with Crippen molar-refractivity contribution in [1.29, 1.82) is 0 Å². The second-order valence-electron chi connectivity index (χ2n) is 3.23. The maximum atomic E-state index is 11.8. The molecular weight excluding hydrogens is 218 g/mol. The standard InChI is InChI=1S/C11H12F2O3/c12-10(13)7-16-6-9(11(14)15)8-4-2-1-3-5-8/h1-5,9-10H,6-7H2,(H,14,15). The van der Waals surface area contributed by atoms with Crippen molar-refractivity contribution >= 4 is 5.97 Å². The fourth-order valence-corrected chi connectivity index (χ4v) is 1.27.